The van der Waals surface area contributed by atoms with Crippen LogP contribution in [0.3, 0.4) is 0 Å². The second-order valence-electron chi connectivity index (χ2n) is 5.22. The lowest BCUT2D eigenvalue weighted by molar-refractivity contribution is 0.169. The fourth-order valence-corrected chi connectivity index (χ4v) is 2.87. The van der Waals surface area contributed by atoms with Gasteiger partial charge in [-0.1, -0.05) is 17.2 Å². The summed E-state index contributed by atoms with van der Waals surface area (Å²) >= 11 is 6.01. The molecule has 0 bridgehead atoms. The summed E-state index contributed by atoms with van der Waals surface area (Å²) in [5, 5.41) is 3.13. The third-order valence-electron chi connectivity index (χ3n) is 3.55. The molecule has 1 aliphatic heterocycles. The van der Waals surface area contributed by atoms with Crippen LogP contribution in [-0.4, -0.2) is 31.1 Å². The van der Waals surface area contributed by atoms with Crippen molar-refractivity contribution in [2.75, 3.05) is 26.2 Å². The summed E-state index contributed by atoms with van der Waals surface area (Å²) in [5.41, 5.74) is 1.17. The average Bonchev–Trinajstić information content (AvgIpc) is 2.43. The van der Waals surface area contributed by atoms with E-state index in [0.717, 1.165) is 43.9 Å². The third kappa shape index (κ3) is 3.37. The molecule has 110 valence electrons. The number of halogens is 3. The van der Waals surface area contributed by atoms with Gasteiger partial charge in [0.2, 0.25) is 0 Å². The fraction of sp³-hybridized carbons (Fsp3) is 0.467. The zero-order valence-corrected chi connectivity index (χ0v) is 12.3. The highest BCUT2D eigenvalue weighted by Crippen LogP contribution is 2.35. The van der Waals surface area contributed by atoms with Gasteiger partial charge < -0.3 is 5.32 Å². The highest BCUT2D eigenvalue weighted by Gasteiger charge is 2.28. The van der Waals surface area contributed by atoms with Gasteiger partial charge in [0.05, 0.1) is 5.02 Å². The zero-order valence-electron chi connectivity index (χ0n) is 11.6. The number of benzene rings is 1. The van der Waals surface area contributed by atoms with Crippen molar-refractivity contribution in [3.05, 3.63) is 46.5 Å². The van der Waals surface area contributed by atoms with Gasteiger partial charge in [-0.2, -0.15) is 0 Å². The van der Waals surface area contributed by atoms with Crippen molar-refractivity contribution in [1.82, 2.24) is 10.2 Å². The molecule has 1 aliphatic rings. The topological polar surface area (TPSA) is 15.3 Å². The van der Waals surface area contributed by atoms with Gasteiger partial charge >= 0.3 is 0 Å². The Morgan fingerprint density at radius 2 is 1.95 bits per heavy atom. The quantitative estimate of drug-likeness (QED) is 0.676. The molecule has 1 saturated heterocycles. The number of piperazine rings is 1. The van der Waals surface area contributed by atoms with Crippen LogP contribution in [0.25, 0.3) is 0 Å². The molecule has 0 amide bonds. The minimum atomic E-state index is -0.579. The van der Waals surface area contributed by atoms with E-state index in [4.69, 9.17) is 11.6 Å². The molecule has 0 saturated carbocycles. The maximum atomic E-state index is 14.2. The fourth-order valence-electron chi connectivity index (χ4n) is 2.59. The molecular formula is C15H19ClF2N2. The van der Waals surface area contributed by atoms with Gasteiger partial charge in [0.25, 0.3) is 0 Å². The number of nitrogens with one attached hydrogen (secondary N) is 1. The molecular weight excluding hydrogens is 282 g/mol. The molecule has 5 heteroatoms. The molecule has 1 fully saturated rings. The van der Waals surface area contributed by atoms with Crippen LogP contribution in [0.15, 0.2) is 24.3 Å². The first-order valence-electron chi connectivity index (χ1n) is 6.73. The van der Waals surface area contributed by atoms with Crippen molar-refractivity contribution in [1.29, 1.82) is 0 Å². The second kappa shape index (κ2) is 6.66. The SMILES string of the molecule is C=C(C)C[C@@H](c1c(F)ccc(F)c1Cl)N1CCNCC1. The number of hydrogen-bond acceptors (Lipinski definition) is 2. The lowest BCUT2D eigenvalue weighted by atomic mass is 9.97. The van der Waals surface area contributed by atoms with E-state index in [1.54, 1.807) is 0 Å². The van der Waals surface area contributed by atoms with Crippen molar-refractivity contribution in [2.45, 2.75) is 19.4 Å². The second-order valence-corrected chi connectivity index (χ2v) is 5.60. The van der Waals surface area contributed by atoms with E-state index < -0.39 is 11.6 Å². The molecule has 0 aromatic heterocycles. The van der Waals surface area contributed by atoms with E-state index in [9.17, 15) is 8.78 Å². The first-order chi connectivity index (χ1) is 9.50. The third-order valence-corrected chi connectivity index (χ3v) is 3.93. The molecule has 1 aromatic rings. The van der Waals surface area contributed by atoms with Gasteiger partial charge in [-0.15, -0.1) is 6.58 Å². The molecule has 0 unspecified atom stereocenters. The summed E-state index contributed by atoms with van der Waals surface area (Å²) in [5.74, 6) is -1.04. The van der Waals surface area contributed by atoms with Crippen molar-refractivity contribution in [2.24, 2.45) is 0 Å². The summed E-state index contributed by atoms with van der Waals surface area (Å²) in [4.78, 5) is 2.13. The number of nitrogens with zero attached hydrogens (tertiary/aromatic N) is 1. The Hall–Kier alpha value is -0.970. The molecule has 1 atom stereocenters. The highest BCUT2D eigenvalue weighted by atomic mass is 35.5. The largest absolute Gasteiger partial charge is 0.314 e. The van der Waals surface area contributed by atoms with E-state index >= 15 is 0 Å². The van der Waals surface area contributed by atoms with Crippen LogP contribution in [0.2, 0.25) is 5.02 Å². The Balaban J connectivity index is 2.40. The van der Waals surface area contributed by atoms with Gasteiger partial charge in [-0.25, -0.2) is 8.78 Å². The first kappa shape index (κ1) is 15.4. The smallest absolute Gasteiger partial charge is 0.142 e. The van der Waals surface area contributed by atoms with E-state index in [0.29, 0.717) is 6.42 Å². The Kier molecular flexibility index (Phi) is 5.13. The zero-order chi connectivity index (χ0) is 14.7. The van der Waals surface area contributed by atoms with Crippen molar-refractivity contribution in [3.8, 4) is 0 Å². The predicted molar refractivity (Wildman–Crippen MR) is 78.0 cm³/mol. The van der Waals surface area contributed by atoms with Gasteiger partial charge in [0.1, 0.15) is 11.6 Å². The maximum Gasteiger partial charge on any atom is 0.142 e. The standard InChI is InChI=1S/C15H19ClF2N2/c1-10(2)9-13(20-7-5-19-6-8-20)14-11(17)3-4-12(18)15(14)16/h3-4,13,19H,1,5-9H2,2H3/t13-/m0/s1. The average molecular weight is 301 g/mol. The first-order valence-corrected chi connectivity index (χ1v) is 7.11. The molecule has 1 aromatic carbocycles. The highest BCUT2D eigenvalue weighted by molar-refractivity contribution is 6.31. The Morgan fingerprint density at radius 3 is 2.55 bits per heavy atom. The van der Waals surface area contributed by atoms with Crippen LogP contribution in [0.4, 0.5) is 8.78 Å². The molecule has 0 aliphatic carbocycles. The van der Waals surface area contributed by atoms with Gasteiger partial charge in [-0.05, 0) is 25.5 Å². The van der Waals surface area contributed by atoms with Crippen molar-refractivity contribution >= 4 is 11.6 Å². The molecule has 2 nitrogen and oxygen atoms in total. The van der Waals surface area contributed by atoms with Crippen molar-refractivity contribution in [3.63, 3.8) is 0 Å². The van der Waals surface area contributed by atoms with Gasteiger partial charge in [0.15, 0.2) is 0 Å². The Bertz CT molecular complexity index is 499. The molecule has 0 spiro atoms. The summed E-state index contributed by atoms with van der Waals surface area (Å²) in [6, 6.07) is 1.94. The monoisotopic (exact) mass is 300 g/mol. The van der Waals surface area contributed by atoms with E-state index in [1.165, 1.54) is 0 Å². The molecule has 1 N–H and O–H groups in total. The van der Waals surface area contributed by atoms with Crippen LogP contribution in [0, 0.1) is 11.6 Å². The van der Waals surface area contributed by atoms with E-state index in [1.807, 2.05) is 6.92 Å². The Labute approximate surface area is 123 Å². The van der Waals surface area contributed by atoms with Crippen molar-refractivity contribution < 1.29 is 8.78 Å². The lowest BCUT2D eigenvalue weighted by Gasteiger charge is -2.36. The van der Waals surface area contributed by atoms with Crippen LogP contribution in [-0.2, 0) is 0 Å². The minimum Gasteiger partial charge on any atom is -0.314 e. The van der Waals surface area contributed by atoms with Crippen LogP contribution in [0.1, 0.15) is 24.9 Å². The van der Waals surface area contributed by atoms with Crippen LogP contribution in [0.5, 0.6) is 0 Å². The molecule has 2 rings (SSSR count). The number of rotatable bonds is 4. The maximum absolute atomic E-state index is 14.2. The number of hydrogen-bond donors (Lipinski definition) is 1. The normalized spacial score (nSPS) is 18.0. The molecule has 1 heterocycles. The summed E-state index contributed by atoms with van der Waals surface area (Å²) in [7, 11) is 0. The molecule has 20 heavy (non-hydrogen) atoms. The van der Waals surface area contributed by atoms with E-state index in [-0.39, 0.29) is 16.6 Å². The van der Waals surface area contributed by atoms with Gasteiger partial charge in [0, 0.05) is 37.8 Å². The van der Waals surface area contributed by atoms with Crippen LogP contribution < -0.4 is 5.32 Å². The summed E-state index contributed by atoms with van der Waals surface area (Å²) < 4.78 is 27.8. The van der Waals surface area contributed by atoms with Crippen LogP contribution >= 0.6 is 11.6 Å². The summed E-state index contributed by atoms with van der Waals surface area (Å²) in [6.07, 6.45) is 0.570. The minimum absolute atomic E-state index is 0.116. The lowest BCUT2D eigenvalue weighted by Crippen LogP contribution is -2.45. The Morgan fingerprint density at radius 1 is 1.35 bits per heavy atom. The summed E-state index contributed by atoms with van der Waals surface area (Å²) in [6.45, 7) is 9.02. The van der Waals surface area contributed by atoms with Gasteiger partial charge in [-0.3, -0.25) is 4.90 Å². The molecule has 0 radical (unpaired) electrons. The predicted octanol–water partition coefficient (Wildman–Crippen LogP) is 3.53. The van der Waals surface area contributed by atoms with E-state index in [2.05, 4.69) is 16.8 Å².